The Morgan fingerprint density at radius 1 is 1.33 bits per heavy atom. The Morgan fingerprint density at radius 2 is 2.10 bits per heavy atom. The van der Waals surface area contributed by atoms with Crippen molar-refractivity contribution >= 4 is 11.9 Å². The maximum atomic E-state index is 12.2. The molecule has 1 N–H and O–H groups in total. The molecule has 2 saturated heterocycles. The Kier molecular flexibility index (Phi) is 3.79. The second-order valence-electron chi connectivity index (χ2n) is 5.47. The topological polar surface area (TPSA) is 61.9 Å². The lowest BCUT2D eigenvalue weighted by Gasteiger charge is -2.33. The Labute approximate surface area is 123 Å². The minimum Gasteiger partial charge on any atom is -0.364 e. The minimum absolute atomic E-state index is 0.0252. The van der Waals surface area contributed by atoms with Crippen molar-refractivity contribution in [2.75, 3.05) is 26.7 Å². The summed E-state index contributed by atoms with van der Waals surface area (Å²) in [6.07, 6.45) is -0.0739. The summed E-state index contributed by atoms with van der Waals surface area (Å²) in [5, 5.41) is 2.90. The van der Waals surface area contributed by atoms with Crippen molar-refractivity contribution in [2.24, 2.45) is 0 Å². The minimum atomic E-state index is -0.113. The highest BCUT2D eigenvalue weighted by atomic mass is 16.5. The molecule has 2 aliphatic heterocycles. The third kappa shape index (κ3) is 2.85. The molecule has 0 radical (unpaired) electrons. The fourth-order valence-corrected chi connectivity index (χ4v) is 2.81. The van der Waals surface area contributed by atoms with E-state index in [9.17, 15) is 9.59 Å². The zero-order chi connectivity index (χ0) is 14.8. The number of likely N-dealkylation sites (N-methyl/N-ethyl adjacent to an activating group) is 1. The quantitative estimate of drug-likeness (QED) is 0.859. The molecule has 6 heteroatoms. The normalized spacial score (nSPS) is 24.9. The summed E-state index contributed by atoms with van der Waals surface area (Å²) in [5.74, 6) is -0.0252. The molecule has 3 amide bonds. The maximum absolute atomic E-state index is 12.2. The van der Waals surface area contributed by atoms with Crippen LogP contribution < -0.4 is 5.32 Å². The van der Waals surface area contributed by atoms with Crippen LogP contribution in [0.4, 0.5) is 4.79 Å². The lowest BCUT2D eigenvalue weighted by atomic mass is 10.1. The highest BCUT2D eigenvalue weighted by molar-refractivity contribution is 5.79. The standard InChI is InChI=1S/C15H19N3O3/c1-17-12-8-18(9-13(12)21-10-14(17)19)15(20)16-7-11-5-3-2-4-6-11/h2-6,12-13H,7-10H2,1H3,(H,16,20)/t12-,13+/m0/s1. The number of hydrogen-bond donors (Lipinski definition) is 1. The number of ether oxygens (including phenoxy) is 1. The van der Waals surface area contributed by atoms with Gasteiger partial charge in [-0.2, -0.15) is 0 Å². The van der Waals surface area contributed by atoms with Crippen molar-refractivity contribution in [3.05, 3.63) is 35.9 Å². The fourth-order valence-electron chi connectivity index (χ4n) is 2.81. The molecular weight excluding hydrogens is 270 g/mol. The molecule has 0 unspecified atom stereocenters. The predicted octanol–water partition coefficient (Wildman–Crippen LogP) is 0.438. The summed E-state index contributed by atoms with van der Waals surface area (Å²) in [5.41, 5.74) is 1.06. The molecular formula is C15H19N3O3. The Morgan fingerprint density at radius 3 is 2.86 bits per heavy atom. The SMILES string of the molecule is CN1C(=O)CO[C@@H]2CN(C(=O)NCc3ccccc3)C[C@@H]21. The van der Waals surface area contributed by atoms with Crippen LogP contribution in [0.2, 0.25) is 0 Å². The van der Waals surface area contributed by atoms with Gasteiger partial charge in [-0.25, -0.2) is 4.79 Å². The number of carbonyl (C=O) groups is 2. The second-order valence-corrected chi connectivity index (χ2v) is 5.47. The van der Waals surface area contributed by atoms with Gasteiger partial charge in [0.25, 0.3) is 0 Å². The summed E-state index contributed by atoms with van der Waals surface area (Å²) in [6.45, 7) is 1.66. The number of morpholine rings is 1. The Hall–Kier alpha value is -2.08. The lowest BCUT2D eigenvalue weighted by molar-refractivity contribution is -0.150. The van der Waals surface area contributed by atoms with E-state index in [-0.39, 0.29) is 30.7 Å². The van der Waals surface area contributed by atoms with Crippen molar-refractivity contribution < 1.29 is 14.3 Å². The highest BCUT2D eigenvalue weighted by Gasteiger charge is 2.43. The number of amides is 3. The smallest absolute Gasteiger partial charge is 0.317 e. The monoisotopic (exact) mass is 289 g/mol. The summed E-state index contributed by atoms with van der Waals surface area (Å²) < 4.78 is 5.51. The van der Waals surface area contributed by atoms with E-state index in [1.165, 1.54) is 0 Å². The number of carbonyl (C=O) groups excluding carboxylic acids is 2. The molecule has 6 nitrogen and oxygen atoms in total. The predicted molar refractivity (Wildman–Crippen MR) is 76.5 cm³/mol. The van der Waals surface area contributed by atoms with Crippen molar-refractivity contribution in [1.82, 2.24) is 15.1 Å². The van der Waals surface area contributed by atoms with Crippen LogP contribution in [0.25, 0.3) is 0 Å². The Balaban J connectivity index is 1.56. The van der Waals surface area contributed by atoms with Gasteiger partial charge in [0.1, 0.15) is 6.61 Å². The first-order valence-electron chi connectivity index (χ1n) is 7.09. The van der Waals surface area contributed by atoms with Crippen LogP contribution in [-0.2, 0) is 16.1 Å². The van der Waals surface area contributed by atoms with Gasteiger partial charge < -0.3 is 19.9 Å². The molecule has 2 fully saturated rings. The molecule has 0 aliphatic carbocycles. The number of urea groups is 1. The number of rotatable bonds is 2. The molecule has 2 heterocycles. The largest absolute Gasteiger partial charge is 0.364 e. The fraction of sp³-hybridized carbons (Fsp3) is 0.467. The average molecular weight is 289 g/mol. The van der Waals surface area contributed by atoms with E-state index in [2.05, 4.69) is 5.32 Å². The molecule has 2 aliphatic rings. The van der Waals surface area contributed by atoms with Crippen LogP contribution >= 0.6 is 0 Å². The van der Waals surface area contributed by atoms with Gasteiger partial charge in [0.05, 0.1) is 18.7 Å². The van der Waals surface area contributed by atoms with Gasteiger partial charge in [-0.05, 0) is 5.56 Å². The molecule has 3 rings (SSSR count). The van der Waals surface area contributed by atoms with Gasteiger partial charge in [0.15, 0.2) is 0 Å². The number of fused-ring (bicyclic) bond motifs is 1. The van der Waals surface area contributed by atoms with E-state index in [1.54, 1.807) is 16.8 Å². The summed E-state index contributed by atoms with van der Waals surface area (Å²) in [4.78, 5) is 27.2. The number of hydrogen-bond acceptors (Lipinski definition) is 3. The van der Waals surface area contributed by atoms with Crippen LogP contribution in [0.15, 0.2) is 30.3 Å². The zero-order valence-electron chi connectivity index (χ0n) is 12.0. The molecule has 0 aromatic heterocycles. The molecule has 0 spiro atoms. The first-order valence-corrected chi connectivity index (χ1v) is 7.09. The average Bonchev–Trinajstić information content (AvgIpc) is 2.95. The van der Waals surface area contributed by atoms with Crippen LogP contribution in [0.3, 0.4) is 0 Å². The van der Waals surface area contributed by atoms with E-state index < -0.39 is 0 Å². The summed E-state index contributed by atoms with van der Waals surface area (Å²) >= 11 is 0. The van der Waals surface area contributed by atoms with Gasteiger partial charge in [-0.1, -0.05) is 30.3 Å². The van der Waals surface area contributed by atoms with Crippen molar-refractivity contribution in [1.29, 1.82) is 0 Å². The van der Waals surface area contributed by atoms with Crippen LogP contribution in [0.1, 0.15) is 5.56 Å². The number of nitrogens with one attached hydrogen (secondary N) is 1. The van der Waals surface area contributed by atoms with Crippen molar-refractivity contribution in [2.45, 2.75) is 18.7 Å². The first-order chi connectivity index (χ1) is 10.1. The maximum Gasteiger partial charge on any atom is 0.317 e. The van der Waals surface area contributed by atoms with Gasteiger partial charge >= 0.3 is 6.03 Å². The molecule has 2 atom stereocenters. The zero-order valence-corrected chi connectivity index (χ0v) is 12.0. The second kappa shape index (κ2) is 5.73. The first kappa shape index (κ1) is 13.9. The van der Waals surface area contributed by atoms with Gasteiger partial charge in [-0.3, -0.25) is 4.79 Å². The number of nitrogens with zero attached hydrogens (tertiary/aromatic N) is 2. The Bertz CT molecular complexity index is 534. The van der Waals surface area contributed by atoms with Crippen LogP contribution in [0, 0.1) is 0 Å². The van der Waals surface area contributed by atoms with E-state index >= 15 is 0 Å². The van der Waals surface area contributed by atoms with Gasteiger partial charge in [0.2, 0.25) is 5.91 Å². The molecule has 21 heavy (non-hydrogen) atoms. The molecule has 0 bridgehead atoms. The van der Waals surface area contributed by atoms with Crippen LogP contribution in [0.5, 0.6) is 0 Å². The van der Waals surface area contributed by atoms with E-state index in [0.29, 0.717) is 19.6 Å². The van der Waals surface area contributed by atoms with Gasteiger partial charge in [0, 0.05) is 20.1 Å². The summed E-state index contributed by atoms with van der Waals surface area (Å²) in [6, 6.07) is 9.63. The molecule has 1 aromatic carbocycles. The van der Waals surface area contributed by atoms with E-state index in [0.717, 1.165) is 5.56 Å². The third-order valence-electron chi connectivity index (χ3n) is 4.12. The lowest BCUT2D eigenvalue weighted by Crippen LogP contribution is -2.51. The highest BCUT2D eigenvalue weighted by Crippen LogP contribution is 2.22. The van der Waals surface area contributed by atoms with Gasteiger partial charge in [-0.15, -0.1) is 0 Å². The molecule has 112 valence electrons. The van der Waals surface area contributed by atoms with Crippen molar-refractivity contribution in [3.8, 4) is 0 Å². The third-order valence-corrected chi connectivity index (χ3v) is 4.12. The number of benzene rings is 1. The molecule has 0 saturated carbocycles. The van der Waals surface area contributed by atoms with Crippen LogP contribution in [-0.4, -0.2) is 60.6 Å². The molecule has 1 aromatic rings. The number of likely N-dealkylation sites (tertiary alicyclic amines) is 1. The summed E-state index contributed by atoms with van der Waals surface area (Å²) in [7, 11) is 1.77. The van der Waals surface area contributed by atoms with E-state index in [1.807, 2.05) is 30.3 Å². The van der Waals surface area contributed by atoms with Crippen molar-refractivity contribution in [3.63, 3.8) is 0 Å². The van der Waals surface area contributed by atoms with E-state index in [4.69, 9.17) is 4.74 Å².